The van der Waals surface area contributed by atoms with E-state index < -0.39 is 17.3 Å². The second-order valence-corrected chi connectivity index (χ2v) is 6.10. The van der Waals surface area contributed by atoms with Crippen molar-refractivity contribution in [2.24, 2.45) is 10.7 Å². The molecule has 0 spiro atoms. The van der Waals surface area contributed by atoms with E-state index in [9.17, 15) is 8.78 Å². The molecule has 8 heteroatoms. The predicted molar refractivity (Wildman–Crippen MR) is 94.9 cm³/mol. The summed E-state index contributed by atoms with van der Waals surface area (Å²) in [6.07, 6.45) is 0. The maximum Gasteiger partial charge on any atom is 0.203 e. The molecule has 1 aromatic heterocycles. The first kappa shape index (κ1) is 16.2. The Morgan fingerprint density at radius 1 is 1.08 bits per heavy atom. The number of aryl methyl sites for hydroxylation is 1. The van der Waals surface area contributed by atoms with Crippen molar-refractivity contribution in [2.45, 2.75) is 12.6 Å². The first-order valence-corrected chi connectivity index (χ1v) is 7.95. The highest BCUT2D eigenvalue weighted by atomic mass is 19.2. The van der Waals surface area contributed by atoms with Gasteiger partial charge >= 0.3 is 0 Å². The minimum Gasteiger partial charge on any atom is -0.329 e. The molecule has 4 rings (SSSR count). The number of para-hydroxylation sites is 1. The van der Waals surface area contributed by atoms with Crippen molar-refractivity contribution in [3.8, 4) is 0 Å². The van der Waals surface area contributed by atoms with Crippen LogP contribution in [0.3, 0.4) is 0 Å². The average Bonchev–Trinajstić information content (AvgIpc) is 3.05. The van der Waals surface area contributed by atoms with Gasteiger partial charge in [0, 0.05) is 23.0 Å². The SMILES string of the molecule is Cc1cc(C2(N)NC(Nc3ccc(F)c(F)c3)=Nc3ccccc32)n[nH]1. The van der Waals surface area contributed by atoms with Crippen LogP contribution in [0.15, 0.2) is 53.5 Å². The number of fused-ring (bicyclic) bond motifs is 1. The maximum atomic E-state index is 13.5. The molecule has 3 aromatic rings. The number of guanidine groups is 1. The van der Waals surface area contributed by atoms with Gasteiger partial charge in [-0.25, -0.2) is 13.8 Å². The number of aromatic amines is 1. The number of anilines is 1. The van der Waals surface area contributed by atoms with E-state index in [0.717, 1.165) is 23.4 Å². The number of nitrogens with one attached hydrogen (secondary N) is 3. The summed E-state index contributed by atoms with van der Waals surface area (Å²) in [5.74, 6) is -1.56. The number of nitrogens with zero attached hydrogens (tertiary/aromatic N) is 2. The van der Waals surface area contributed by atoms with Crippen LogP contribution in [0.25, 0.3) is 0 Å². The molecule has 0 aliphatic carbocycles. The van der Waals surface area contributed by atoms with Crippen LogP contribution in [0.2, 0.25) is 0 Å². The second-order valence-electron chi connectivity index (χ2n) is 6.10. The summed E-state index contributed by atoms with van der Waals surface area (Å²) < 4.78 is 26.6. The average molecular weight is 354 g/mol. The van der Waals surface area contributed by atoms with Gasteiger partial charge in [0.15, 0.2) is 17.3 Å². The molecule has 2 heterocycles. The van der Waals surface area contributed by atoms with E-state index in [1.807, 2.05) is 37.3 Å². The lowest BCUT2D eigenvalue weighted by Gasteiger charge is -2.35. The molecule has 0 saturated carbocycles. The van der Waals surface area contributed by atoms with Crippen LogP contribution in [0.1, 0.15) is 17.0 Å². The summed E-state index contributed by atoms with van der Waals surface area (Å²) >= 11 is 0. The Balaban J connectivity index is 1.75. The van der Waals surface area contributed by atoms with Gasteiger partial charge in [-0.2, -0.15) is 5.10 Å². The van der Waals surface area contributed by atoms with Crippen LogP contribution >= 0.6 is 0 Å². The maximum absolute atomic E-state index is 13.5. The van der Waals surface area contributed by atoms with Crippen molar-refractivity contribution in [2.75, 3.05) is 5.32 Å². The standard InChI is InChI=1S/C18H16F2N6/c1-10-8-16(26-25-10)18(21)12-4-2-3-5-15(12)23-17(24-18)22-11-6-7-13(19)14(20)9-11/h2-9H,21H2,1H3,(H,25,26)(H2,22,23,24). The minimum atomic E-state index is -1.13. The fourth-order valence-corrected chi connectivity index (χ4v) is 2.90. The lowest BCUT2D eigenvalue weighted by molar-refractivity contribution is 0.476. The smallest absolute Gasteiger partial charge is 0.203 e. The zero-order valence-corrected chi connectivity index (χ0v) is 13.8. The molecule has 0 amide bonds. The molecule has 0 bridgehead atoms. The third kappa shape index (κ3) is 2.70. The molecule has 132 valence electrons. The van der Waals surface area contributed by atoms with E-state index in [1.54, 1.807) is 0 Å². The molecule has 1 aliphatic heterocycles. The van der Waals surface area contributed by atoms with Crippen molar-refractivity contribution in [3.05, 3.63) is 77.1 Å². The molecule has 1 aliphatic rings. The number of rotatable bonds is 2. The van der Waals surface area contributed by atoms with Gasteiger partial charge in [-0.1, -0.05) is 18.2 Å². The van der Waals surface area contributed by atoms with Gasteiger partial charge in [-0.3, -0.25) is 10.8 Å². The Morgan fingerprint density at radius 2 is 1.88 bits per heavy atom. The lowest BCUT2D eigenvalue weighted by Crippen LogP contribution is -2.57. The summed E-state index contributed by atoms with van der Waals surface area (Å²) in [5, 5.41) is 13.2. The van der Waals surface area contributed by atoms with Crippen LogP contribution in [-0.2, 0) is 5.66 Å². The number of nitrogens with two attached hydrogens (primary N) is 1. The van der Waals surface area contributed by atoms with Crippen molar-refractivity contribution in [1.29, 1.82) is 0 Å². The van der Waals surface area contributed by atoms with E-state index in [-0.39, 0.29) is 0 Å². The first-order valence-electron chi connectivity index (χ1n) is 7.95. The summed E-state index contributed by atoms with van der Waals surface area (Å²) in [5.41, 5.74) is 8.71. The van der Waals surface area contributed by atoms with Gasteiger partial charge in [-0.05, 0) is 31.2 Å². The summed E-state index contributed by atoms with van der Waals surface area (Å²) in [6.45, 7) is 1.88. The molecule has 5 N–H and O–H groups in total. The molecule has 6 nitrogen and oxygen atoms in total. The largest absolute Gasteiger partial charge is 0.329 e. The predicted octanol–water partition coefficient (Wildman–Crippen LogP) is 2.86. The topological polar surface area (TPSA) is 91.1 Å². The number of hydrogen-bond donors (Lipinski definition) is 4. The van der Waals surface area contributed by atoms with E-state index in [2.05, 4.69) is 25.8 Å². The Morgan fingerprint density at radius 3 is 2.62 bits per heavy atom. The molecule has 26 heavy (non-hydrogen) atoms. The Kier molecular flexibility index (Phi) is 3.69. The number of halogens is 2. The molecule has 0 radical (unpaired) electrons. The molecule has 0 saturated heterocycles. The zero-order chi connectivity index (χ0) is 18.3. The van der Waals surface area contributed by atoms with E-state index in [1.165, 1.54) is 6.07 Å². The fourth-order valence-electron chi connectivity index (χ4n) is 2.90. The van der Waals surface area contributed by atoms with Crippen molar-refractivity contribution >= 4 is 17.3 Å². The number of hydrogen-bond acceptors (Lipinski definition) is 5. The number of aliphatic imine (C=N–C) groups is 1. The second kappa shape index (κ2) is 5.92. The van der Waals surface area contributed by atoms with E-state index in [0.29, 0.717) is 23.0 Å². The van der Waals surface area contributed by atoms with Crippen molar-refractivity contribution in [3.63, 3.8) is 0 Å². The normalized spacial score (nSPS) is 18.7. The molecule has 1 unspecified atom stereocenters. The molecule has 1 atom stereocenters. The van der Waals surface area contributed by atoms with Crippen LogP contribution in [0.5, 0.6) is 0 Å². The van der Waals surface area contributed by atoms with Gasteiger partial charge in [0.1, 0.15) is 5.69 Å². The molecule has 2 aromatic carbocycles. The third-order valence-electron chi connectivity index (χ3n) is 4.17. The number of aromatic nitrogens is 2. The molecule has 0 fully saturated rings. The van der Waals surface area contributed by atoms with Crippen LogP contribution in [0.4, 0.5) is 20.2 Å². The van der Waals surface area contributed by atoms with Gasteiger partial charge < -0.3 is 10.6 Å². The van der Waals surface area contributed by atoms with Gasteiger partial charge in [0.2, 0.25) is 5.96 Å². The van der Waals surface area contributed by atoms with Gasteiger partial charge in [-0.15, -0.1) is 0 Å². The summed E-state index contributed by atoms with van der Waals surface area (Å²) in [7, 11) is 0. The summed E-state index contributed by atoms with van der Waals surface area (Å²) in [6, 6.07) is 12.8. The zero-order valence-electron chi connectivity index (χ0n) is 13.8. The Hall–Kier alpha value is -3.26. The van der Waals surface area contributed by atoms with Crippen LogP contribution < -0.4 is 16.4 Å². The highest BCUT2D eigenvalue weighted by Crippen LogP contribution is 2.34. The monoisotopic (exact) mass is 354 g/mol. The van der Waals surface area contributed by atoms with Crippen LogP contribution in [0, 0.1) is 18.6 Å². The van der Waals surface area contributed by atoms with Gasteiger partial charge in [0.25, 0.3) is 0 Å². The highest BCUT2D eigenvalue weighted by Gasteiger charge is 2.38. The van der Waals surface area contributed by atoms with Crippen molar-refractivity contribution < 1.29 is 8.78 Å². The summed E-state index contributed by atoms with van der Waals surface area (Å²) in [4.78, 5) is 4.48. The quantitative estimate of drug-likeness (QED) is 0.570. The van der Waals surface area contributed by atoms with Gasteiger partial charge in [0.05, 0.1) is 5.69 Å². The minimum absolute atomic E-state index is 0.304. The number of benzene rings is 2. The Bertz CT molecular complexity index is 1010. The lowest BCUT2D eigenvalue weighted by atomic mass is 9.93. The van der Waals surface area contributed by atoms with E-state index >= 15 is 0 Å². The molecular weight excluding hydrogens is 338 g/mol. The van der Waals surface area contributed by atoms with Crippen molar-refractivity contribution in [1.82, 2.24) is 15.5 Å². The first-order chi connectivity index (χ1) is 12.5. The highest BCUT2D eigenvalue weighted by molar-refractivity contribution is 5.97. The Labute approximate surface area is 148 Å². The molecular formula is C18H16F2N6. The van der Waals surface area contributed by atoms with Crippen LogP contribution in [-0.4, -0.2) is 16.2 Å². The number of H-pyrrole nitrogens is 1. The van der Waals surface area contributed by atoms with E-state index in [4.69, 9.17) is 5.73 Å². The fraction of sp³-hybridized carbons (Fsp3) is 0.111. The third-order valence-corrected chi connectivity index (χ3v) is 4.17.